The van der Waals surface area contributed by atoms with Crippen LogP contribution < -0.4 is 4.90 Å². The lowest BCUT2D eigenvalue weighted by molar-refractivity contribution is 1.03. The van der Waals surface area contributed by atoms with Gasteiger partial charge in [0, 0.05) is 17.1 Å². The van der Waals surface area contributed by atoms with Gasteiger partial charge in [-0.2, -0.15) is 0 Å². The topological polar surface area (TPSA) is 3.24 Å². The molecule has 0 aliphatic heterocycles. The first-order valence-electron chi connectivity index (χ1n) is 9.34. The largest absolute Gasteiger partial charge is 0.315 e. The zero-order valence-electron chi connectivity index (χ0n) is 16.8. The first-order chi connectivity index (χ1) is 12.1. The van der Waals surface area contributed by atoms with Crippen LogP contribution in [-0.2, 0) is 0 Å². The summed E-state index contributed by atoms with van der Waals surface area (Å²) in [5.74, 6) is 0. The van der Waals surface area contributed by atoms with E-state index in [2.05, 4.69) is 92.8 Å². The van der Waals surface area contributed by atoms with Crippen LogP contribution in [0.1, 0.15) is 40.5 Å². The Morgan fingerprint density at radius 1 is 1.12 bits per heavy atom. The van der Waals surface area contributed by atoms with Crippen molar-refractivity contribution in [1.82, 2.24) is 0 Å². The second-order valence-electron chi connectivity index (χ2n) is 6.16. The molecule has 136 valence electrons. The molecule has 1 aliphatic carbocycles. The monoisotopic (exact) mass is 355 g/mol. The van der Waals surface area contributed by atoms with Crippen molar-refractivity contribution in [3.8, 4) is 0 Å². The van der Waals surface area contributed by atoms with Gasteiger partial charge in [-0.15, -0.1) is 7.92 Å². The number of hydrogen-bond acceptors (Lipinski definition) is 1. The maximum absolute atomic E-state index is 2.38. The van der Waals surface area contributed by atoms with Crippen LogP contribution in [0.3, 0.4) is 0 Å². The number of anilines is 1. The van der Waals surface area contributed by atoms with E-state index in [1.54, 1.807) is 0 Å². The van der Waals surface area contributed by atoms with E-state index in [1.165, 1.54) is 22.7 Å². The van der Waals surface area contributed by atoms with Crippen LogP contribution in [0.15, 0.2) is 77.7 Å². The number of allylic oxidation sites excluding steroid dienone is 7. The molecular formula is C23H34NP. The molecule has 1 nitrogen and oxygen atoms in total. The summed E-state index contributed by atoms with van der Waals surface area (Å²) in [5, 5.41) is 0. The predicted octanol–water partition coefficient (Wildman–Crippen LogP) is 7.34. The van der Waals surface area contributed by atoms with Gasteiger partial charge in [0.2, 0.25) is 0 Å². The standard InChI is InChI=1S/C21H28NP.C2H6/c1-5-19-10-9-13-21(15-14-19)22(18(2)16-17-23(3)4)20-11-7-6-8-12-20;1-2/h6-9,11-16H,5,10,17H2,1-4H3;1-2H3/b18-16+;. The van der Waals surface area contributed by atoms with Gasteiger partial charge in [-0.1, -0.05) is 62.8 Å². The molecule has 0 atom stereocenters. The van der Waals surface area contributed by atoms with Gasteiger partial charge in [-0.05, 0) is 63.5 Å². The fourth-order valence-corrected chi connectivity index (χ4v) is 3.24. The molecule has 1 aromatic rings. The summed E-state index contributed by atoms with van der Waals surface area (Å²) in [6.07, 6.45) is 14.8. The number of nitrogens with zero attached hydrogens (tertiary/aromatic N) is 1. The van der Waals surface area contributed by atoms with Crippen molar-refractivity contribution < 1.29 is 0 Å². The molecule has 1 aliphatic rings. The molecule has 0 heterocycles. The highest BCUT2D eigenvalue weighted by Crippen LogP contribution is 2.29. The molecule has 0 amide bonds. The van der Waals surface area contributed by atoms with Crippen molar-refractivity contribution in [3.05, 3.63) is 77.7 Å². The zero-order chi connectivity index (χ0) is 18.7. The molecule has 0 fully saturated rings. The van der Waals surface area contributed by atoms with Crippen molar-refractivity contribution >= 4 is 13.6 Å². The Bertz CT molecular complexity index is 621. The molecule has 2 rings (SSSR count). The van der Waals surface area contributed by atoms with Gasteiger partial charge < -0.3 is 4.90 Å². The minimum Gasteiger partial charge on any atom is -0.315 e. The zero-order valence-corrected chi connectivity index (χ0v) is 17.7. The van der Waals surface area contributed by atoms with Gasteiger partial charge in [-0.3, -0.25) is 0 Å². The number of hydrogen-bond donors (Lipinski definition) is 0. The van der Waals surface area contributed by atoms with Crippen molar-refractivity contribution in [2.75, 3.05) is 24.4 Å². The average molecular weight is 356 g/mol. The quantitative estimate of drug-likeness (QED) is 0.482. The third-order valence-corrected chi connectivity index (χ3v) is 4.90. The Morgan fingerprint density at radius 2 is 1.80 bits per heavy atom. The lowest BCUT2D eigenvalue weighted by atomic mass is 10.1. The van der Waals surface area contributed by atoms with Gasteiger partial charge in [-0.25, -0.2) is 0 Å². The number of benzene rings is 1. The van der Waals surface area contributed by atoms with Crippen molar-refractivity contribution in [2.45, 2.75) is 40.5 Å². The first-order valence-corrected chi connectivity index (χ1v) is 11.8. The summed E-state index contributed by atoms with van der Waals surface area (Å²) >= 11 is 0. The van der Waals surface area contributed by atoms with E-state index < -0.39 is 0 Å². The van der Waals surface area contributed by atoms with E-state index in [-0.39, 0.29) is 7.92 Å². The second kappa shape index (κ2) is 11.9. The summed E-state index contributed by atoms with van der Waals surface area (Å²) in [7, 11) is 0.0883. The minimum atomic E-state index is 0.0883. The molecule has 25 heavy (non-hydrogen) atoms. The molecule has 0 N–H and O–H groups in total. The van der Waals surface area contributed by atoms with Crippen LogP contribution in [0.5, 0.6) is 0 Å². The summed E-state index contributed by atoms with van der Waals surface area (Å²) in [6.45, 7) is 13.1. The lowest BCUT2D eigenvalue weighted by Gasteiger charge is -2.27. The van der Waals surface area contributed by atoms with E-state index in [9.17, 15) is 0 Å². The highest BCUT2D eigenvalue weighted by molar-refractivity contribution is 7.56. The SMILES string of the molecule is CC.CCC1=CC=C(N(/C(C)=C/CP(C)C)c2ccccc2)C=CC1. The van der Waals surface area contributed by atoms with Crippen LogP contribution >= 0.6 is 7.92 Å². The molecule has 0 aromatic heterocycles. The van der Waals surface area contributed by atoms with Crippen molar-refractivity contribution in [3.63, 3.8) is 0 Å². The van der Waals surface area contributed by atoms with Crippen LogP contribution in [0.4, 0.5) is 5.69 Å². The summed E-state index contributed by atoms with van der Waals surface area (Å²) < 4.78 is 0. The van der Waals surface area contributed by atoms with Crippen LogP contribution in [0, 0.1) is 0 Å². The van der Waals surface area contributed by atoms with Gasteiger partial charge in [0.05, 0.1) is 0 Å². The molecule has 1 aromatic carbocycles. The summed E-state index contributed by atoms with van der Waals surface area (Å²) in [5.41, 5.74) is 5.25. The minimum absolute atomic E-state index is 0.0883. The van der Waals surface area contributed by atoms with E-state index in [0.717, 1.165) is 19.0 Å². The summed E-state index contributed by atoms with van der Waals surface area (Å²) in [6, 6.07) is 10.7. The Kier molecular flexibility index (Phi) is 10.2. The Balaban J connectivity index is 0.00000151. The fourth-order valence-electron chi connectivity index (χ4n) is 2.61. The Labute approximate surface area is 156 Å². The number of rotatable bonds is 6. The van der Waals surface area contributed by atoms with Gasteiger partial charge in [0.1, 0.15) is 0 Å². The predicted molar refractivity (Wildman–Crippen MR) is 118 cm³/mol. The second-order valence-corrected chi connectivity index (χ2v) is 8.68. The van der Waals surface area contributed by atoms with Gasteiger partial charge in [0.15, 0.2) is 0 Å². The Morgan fingerprint density at radius 3 is 2.40 bits per heavy atom. The van der Waals surface area contributed by atoms with E-state index >= 15 is 0 Å². The fraction of sp³-hybridized carbons (Fsp3) is 0.391. The molecule has 0 unspecified atom stereocenters. The number of para-hydroxylation sites is 1. The molecule has 0 spiro atoms. The van der Waals surface area contributed by atoms with Crippen LogP contribution in [-0.4, -0.2) is 19.5 Å². The van der Waals surface area contributed by atoms with Crippen LogP contribution in [0.25, 0.3) is 0 Å². The molecule has 2 heteroatoms. The highest BCUT2D eigenvalue weighted by Gasteiger charge is 2.12. The van der Waals surface area contributed by atoms with E-state index in [4.69, 9.17) is 0 Å². The smallest absolute Gasteiger partial charge is 0.0458 e. The third-order valence-electron chi connectivity index (χ3n) is 3.99. The van der Waals surface area contributed by atoms with Gasteiger partial charge in [0.25, 0.3) is 0 Å². The molecular weight excluding hydrogens is 321 g/mol. The normalized spacial score (nSPS) is 14.3. The average Bonchev–Trinajstić information content (AvgIpc) is 2.88. The van der Waals surface area contributed by atoms with Crippen molar-refractivity contribution in [1.29, 1.82) is 0 Å². The third kappa shape index (κ3) is 7.04. The van der Waals surface area contributed by atoms with Crippen LogP contribution in [0.2, 0.25) is 0 Å². The summed E-state index contributed by atoms with van der Waals surface area (Å²) in [4.78, 5) is 2.37. The molecule has 0 saturated carbocycles. The maximum Gasteiger partial charge on any atom is 0.0458 e. The van der Waals surface area contributed by atoms with Crippen molar-refractivity contribution in [2.24, 2.45) is 0 Å². The van der Waals surface area contributed by atoms with E-state index in [0.29, 0.717) is 0 Å². The van der Waals surface area contributed by atoms with Gasteiger partial charge >= 0.3 is 0 Å². The van der Waals surface area contributed by atoms with E-state index in [1.807, 2.05) is 13.8 Å². The first kappa shape index (κ1) is 21.5. The molecule has 0 bridgehead atoms. The maximum atomic E-state index is 2.38. The molecule has 0 saturated heterocycles. The molecule has 0 radical (unpaired) electrons. The Hall–Kier alpha value is -1.59. The highest BCUT2D eigenvalue weighted by atomic mass is 31.1. The lowest BCUT2D eigenvalue weighted by Crippen LogP contribution is -2.19.